The van der Waals surface area contributed by atoms with Crippen LogP contribution in [0.2, 0.25) is 0 Å². The van der Waals surface area contributed by atoms with Crippen LogP contribution in [0.5, 0.6) is 0 Å². The van der Waals surface area contributed by atoms with Crippen molar-refractivity contribution >= 4 is 17.9 Å². The fraction of sp³-hybridized carbons (Fsp3) is 0.880. The maximum atomic E-state index is 12.5. The Bertz CT molecular complexity index is 827. The van der Waals surface area contributed by atoms with Crippen molar-refractivity contribution in [3.05, 3.63) is 0 Å². The standard InChI is InChI=1S/C25H38O8/c1-15(26)32-14-23-10-5-17(33-16(2)27)13-24(23,29)11-7-19-18(23)6-9-22(3)20(21(28)31-4)8-12-25(19,22)30/h17-20,29-30H,5-14H2,1-4H3. The minimum atomic E-state index is -1.16. The van der Waals surface area contributed by atoms with Crippen LogP contribution < -0.4 is 0 Å². The summed E-state index contributed by atoms with van der Waals surface area (Å²) in [5.41, 5.74) is -3.52. The van der Waals surface area contributed by atoms with Crippen molar-refractivity contribution in [2.45, 2.75) is 95.9 Å². The maximum absolute atomic E-state index is 12.5. The molecule has 0 saturated heterocycles. The lowest BCUT2D eigenvalue weighted by atomic mass is 9.41. The summed E-state index contributed by atoms with van der Waals surface area (Å²) < 4.78 is 16.1. The van der Waals surface area contributed by atoms with Crippen molar-refractivity contribution in [3.8, 4) is 0 Å². The molecule has 8 nitrogen and oxygen atoms in total. The second-order valence-corrected chi connectivity index (χ2v) is 11.2. The molecule has 0 aromatic heterocycles. The summed E-state index contributed by atoms with van der Waals surface area (Å²) in [6.45, 7) is 4.83. The monoisotopic (exact) mass is 466 g/mol. The highest BCUT2D eigenvalue weighted by atomic mass is 16.5. The molecule has 186 valence electrons. The van der Waals surface area contributed by atoms with Gasteiger partial charge < -0.3 is 24.4 Å². The Morgan fingerprint density at radius 1 is 0.909 bits per heavy atom. The Kier molecular flexibility index (Phi) is 6.09. The molecule has 2 N–H and O–H groups in total. The van der Waals surface area contributed by atoms with Gasteiger partial charge in [0, 0.05) is 31.1 Å². The van der Waals surface area contributed by atoms with Crippen molar-refractivity contribution in [1.29, 1.82) is 0 Å². The van der Waals surface area contributed by atoms with Crippen LogP contribution in [0.1, 0.15) is 78.6 Å². The van der Waals surface area contributed by atoms with E-state index >= 15 is 0 Å². The van der Waals surface area contributed by atoms with E-state index in [9.17, 15) is 24.6 Å². The molecule has 4 aliphatic rings. The molecule has 4 aliphatic carbocycles. The quantitative estimate of drug-likeness (QED) is 0.479. The van der Waals surface area contributed by atoms with Gasteiger partial charge in [-0.1, -0.05) is 6.92 Å². The Balaban J connectivity index is 1.70. The average Bonchev–Trinajstić information content (AvgIpc) is 3.02. The average molecular weight is 467 g/mol. The second kappa shape index (κ2) is 8.22. The molecule has 8 unspecified atom stereocenters. The predicted octanol–water partition coefficient (Wildman–Crippen LogP) is 2.52. The van der Waals surface area contributed by atoms with Gasteiger partial charge >= 0.3 is 17.9 Å². The van der Waals surface area contributed by atoms with Gasteiger partial charge in [0.1, 0.15) is 6.10 Å². The molecule has 4 saturated carbocycles. The number of hydrogen-bond acceptors (Lipinski definition) is 8. The van der Waals surface area contributed by atoms with Crippen LogP contribution in [-0.4, -0.2) is 59.1 Å². The smallest absolute Gasteiger partial charge is 0.309 e. The van der Waals surface area contributed by atoms with Gasteiger partial charge in [0.05, 0.1) is 30.8 Å². The molecular formula is C25H38O8. The Hall–Kier alpha value is -1.67. The van der Waals surface area contributed by atoms with Crippen LogP contribution in [0.3, 0.4) is 0 Å². The molecule has 8 heteroatoms. The Labute approximate surface area is 195 Å². The first kappa shape index (κ1) is 24.5. The molecule has 0 radical (unpaired) electrons. The topological polar surface area (TPSA) is 119 Å². The highest BCUT2D eigenvalue weighted by molar-refractivity contribution is 5.74. The first-order valence-corrected chi connectivity index (χ1v) is 12.3. The van der Waals surface area contributed by atoms with Gasteiger partial charge in [-0.2, -0.15) is 0 Å². The molecule has 33 heavy (non-hydrogen) atoms. The third-order valence-electron chi connectivity index (χ3n) is 9.98. The SMILES string of the molecule is COC(=O)C1CCC2(O)C3CCC4(O)CC(OC(C)=O)CCC4(COC(C)=O)C3CCC12C. The van der Waals surface area contributed by atoms with Crippen molar-refractivity contribution in [2.75, 3.05) is 13.7 Å². The molecule has 0 heterocycles. The lowest BCUT2D eigenvalue weighted by Gasteiger charge is -2.66. The summed E-state index contributed by atoms with van der Waals surface area (Å²) in [6.07, 6.45) is 4.54. The summed E-state index contributed by atoms with van der Waals surface area (Å²) in [7, 11) is 1.39. The molecule has 4 fully saturated rings. The van der Waals surface area contributed by atoms with Crippen molar-refractivity contribution in [3.63, 3.8) is 0 Å². The highest BCUT2D eigenvalue weighted by Gasteiger charge is 2.72. The van der Waals surface area contributed by atoms with Crippen LogP contribution >= 0.6 is 0 Å². The molecule has 8 atom stereocenters. The summed E-state index contributed by atoms with van der Waals surface area (Å²) >= 11 is 0. The molecule has 0 spiro atoms. The molecular weight excluding hydrogens is 428 g/mol. The molecule has 0 aliphatic heterocycles. The van der Waals surface area contributed by atoms with E-state index < -0.39 is 28.0 Å². The first-order valence-electron chi connectivity index (χ1n) is 12.3. The number of aliphatic hydroxyl groups is 2. The molecule has 0 aromatic rings. The zero-order valence-electron chi connectivity index (χ0n) is 20.2. The maximum Gasteiger partial charge on any atom is 0.309 e. The van der Waals surface area contributed by atoms with Crippen LogP contribution in [0.4, 0.5) is 0 Å². The molecule has 4 rings (SSSR count). The summed E-state index contributed by atoms with van der Waals surface area (Å²) in [5, 5.41) is 24.2. The van der Waals surface area contributed by atoms with E-state index in [4.69, 9.17) is 14.2 Å². The van der Waals surface area contributed by atoms with Gasteiger partial charge in [-0.15, -0.1) is 0 Å². The largest absolute Gasteiger partial charge is 0.469 e. The number of carbonyl (C=O) groups is 3. The summed E-state index contributed by atoms with van der Waals surface area (Å²) in [4.78, 5) is 35.9. The number of rotatable bonds is 4. The Morgan fingerprint density at radius 3 is 2.24 bits per heavy atom. The fourth-order valence-corrected chi connectivity index (χ4v) is 8.37. The van der Waals surface area contributed by atoms with Crippen LogP contribution in [0, 0.1) is 28.6 Å². The second-order valence-electron chi connectivity index (χ2n) is 11.2. The van der Waals surface area contributed by atoms with Gasteiger partial charge in [0.2, 0.25) is 0 Å². The van der Waals surface area contributed by atoms with E-state index in [2.05, 4.69) is 0 Å². The third-order valence-corrected chi connectivity index (χ3v) is 9.98. The molecule has 0 aromatic carbocycles. The lowest BCUT2D eigenvalue weighted by molar-refractivity contribution is -0.272. The number of methoxy groups -OCH3 is 1. The zero-order chi connectivity index (χ0) is 24.2. The Morgan fingerprint density at radius 2 is 1.61 bits per heavy atom. The van der Waals surface area contributed by atoms with E-state index in [0.29, 0.717) is 51.4 Å². The fourth-order valence-electron chi connectivity index (χ4n) is 8.37. The van der Waals surface area contributed by atoms with Gasteiger partial charge in [0.25, 0.3) is 0 Å². The van der Waals surface area contributed by atoms with Crippen LogP contribution in [0.25, 0.3) is 0 Å². The van der Waals surface area contributed by atoms with Gasteiger partial charge in [-0.25, -0.2) is 0 Å². The minimum Gasteiger partial charge on any atom is -0.469 e. The van der Waals surface area contributed by atoms with Crippen molar-refractivity contribution in [2.24, 2.45) is 28.6 Å². The van der Waals surface area contributed by atoms with Crippen LogP contribution in [0.15, 0.2) is 0 Å². The summed E-state index contributed by atoms with van der Waals surface area (Å²) in [6, 6.07) is 0. The van der Waals surface area contributed by atoms with Crippen LogP contribution in [-0.2, 0) is 28.6 Å². The van der Waals surface area contributed by atoms with Crippen molar-refractivity contribution < 1.29 is 38.8 Å². The van der Waals surface area contributed by atoms with E-state index in [1.807, 2.05) is 6.92 Å². The number of fused-ring (bicyclic) bond motifs is 5. The number of hydrogen-bond donors (Lipinski definition) is 2. The zero-order valence-corrected chi connectivity index (χ0v) is 20.2. The van der Waals surface area contributed by atoms with E-state index in [-0.39, 0.29) is 42.4 Å². The first-order chi connectivity index (χ1) is 15.4. The molecule has 0 amide bonds. The van der Waals surface area contributed by atoms with Gasteiger partial charge in [-0.05, 0) is 63.2 Å². The lowest BCUT2D eigenvalue weighted by Crippen LogP contribution is -2.69. The van der Waals surface area contributed by atoms with Gasteiger partial charge in [-0.3, -0.25) is 14.4 Å². The molecule has 0 bridgehead atoms. The number of carbonyl (C=O) groups excluding carboxylic acids is 3. The van der Waals surface area contributed by atoms with Gasteiger partial charge in [0.15, 0.2) is 0 Å². The van der Waals surface area contributed by atoms with E-state index in [1.165, 1.54) is 21.0 Å². The normalized spacial score (nSPS) is 46.4. The third kappa shape index (κ3) is 3.51. The van der Waals surface area contributed by atoms with Crippen molar-refractivity contribution in [1.82, 2.24) is 0 Å². The number of ether oxygens (including phenoxy) is 3. The van der Waals surface area contributed by atoms with E-state index in [0.717, 1.165) is 6.42 Å². The highest BCUT2D eigenvalue weighted by Crippen LogP contribution is 2.70. The predicted molar refractivity (Wildman–Crippen MR) is 117 cm³/mol. The summed E-state index contributed by atoms with van der Waals surface area (Å²) in [5.74, 6) is -1.57. The van der Waals surface area contributed by atoms with E-state index in [1.54, 1.807) is 0 Å². The minimum absolute atomic E-state index is 0.0663. The number of esters is 3.